The molecule has 1 fully saturated rings. The molecule has 0 atom stereocenters. The predicted molar refractivity (Wildman–Crippen MR) is 62.5 cm³/mol. The Morgan fingerprint density at radius 2 is 2.06 bits per heavy atom. The van der Waals surface area contributed by atoms with Gasteiger partial charge in [-0.15, -0.1) is 0 Å². The van der Waals surface area contributed by atoms with Crippen molar-refractivity contribution in [1.82, 2.24) is 5.16 Å². The van der Waals surface area contributed by atoms with E-state index in [0.29, 0.717) is 6.42 Å². The highest BCUT2D eigenvalue weighted by molar-refractivity contribution is 5.75. The lowest BCUT2D eigenvalue weighted by Gasteiger charge is -2.40. The van der Waals surface area contributed by atoms with Crippen molar-refractivity contribution in [1.29, 1.82) is 0 Å². The molecular formula is C13H19NO3. The second-order valence-corrected chi connectivity index (χ2v) is 5.96. The second kappa shape index (κ2) is 4.17. The minimum atomic E-state index is -0.686. The summed E-state index contributed by atoms with van der Waals surface area (Å²) in [6.45, 7) is 4.41. The van der Waals surface area contributed by atoms with E-state index in [0.717, 1.165) is 31.2 Å². The van der Waals surface area contributed by atoms with Crippen LogP contribution in [0.4, 0.5) is 0 Å². The molecule has 0 saturated heterocycles. The van der Waals surface area contributed by atoms with Crippen molar-refractivity contribution in [2.24, 2.45) is 10.8 Å². The zero-order valence-corrected chi connectivity index (χ0v) is 10.4. The van der Waals surface area contributed by atoms with Crippen molar-refractivity contribution in [2.75, 3.05) is 0 Å². The van der Waals surface area contributed by atoms with Crippen LogP contribution in [0, 0.1) is 10.8 Å². The Hall–Kier alpha value is -1.32. The summed E-state index contributed by atoms with van der Waals surface area (Å²) >= 11 is 0. The highest BCUT2D eigenvalue weighted by Gasteiger charge is 2.44. The van der Waals surface area contributed by atoms with Crippen LogP contribution in [0.25, 0.3) is 0 Å². The fraction of sp³-hybridized carbons (Fsp3) is 0.692. The number of hydrogen-bond acceptors (Lipinski definition) is 3. The third-order valence-electron chi connectivity index (χ3n) is 4.04. The molecule has 0 aromatic carbocycles. The van der Waals surface area contributed by atoms with Crippen LogP contribution in [-0.2, 0) is 11.2 Å². The lowest BCUT2D eigenvalue weighted by molar-refractivity contribution is -0.152. The first-order valence-corrected chi connectivity index (χ1v) is 6.05. The first kappa shape index (κ1) is 12.1. The molecule has 0 bridgehead atoms. The van der Waals surface area contributed by atoms with Gasteiger partial charge in [0.15, 0.2) is 0 Å². The number of hydrogen-bond donors (Lipinski definition) is 1. The fourth-order valence-electron chi connectivity index (χ4n) is 2.58. The first-order valence-electron chi connectivity index (χ1n) is 6.05. The number of nitrogens with zero attached hydrogens (tertiary/aromatic N) is 1. The molecule has 17 heavy (non-hydrogen) atoms. The van der Waals surface area contributed by atoms with Crippen molar-refractivity contribution < 1.29 is 14.4 Å². The van der Waals surface area contributed by atoms with Gasteiger partial charge in [-0.25, -0.2) is 0 Å². The summed E-state index contributed by atoms with van der Waals surface area (Å²) in [5, 5.41) is 13.1. The summed E-state index contributed by atoms with van der Waals surface area (Å²) in [6, 6.07) is 0. The number of rotatable bonds is 3. The Kier molecular flexibility index (Phi) is 2.98. The molecule has 1 aliphatic rings. The summed E-state index contributed by atoms with van der Waals surface area (Å²) in [5.41, 5.74) is 0.529. The van der Waals surface area contributed by atoms with Crippen LogP contribution in [0.15, 0.2) is 17.0 Å². The van der Waals surface area contributed by atoms with Gasteiger partial charge in [0, 0.05) is 5.56 Å². The van der Waals surface area contributed by atoms with Crippen LogP contribution in [0.5, 0.6) is 0 Å². The molecule has 0 aliphatic heterocycles. The molecule has 0 unspecified atom stereocenters. The lowest BCUT2D eigenvalue weighted by Crippen LogP contribution is -2.39. The topological polar surface area (TPSA) is 63.3 Å². The predicted octanol–water partition coefficient (Wildman–Crippen LogP) is 2.89. The molecule has 1 N–H and O–H groups in total. The molecule has 1 saturated carbocycles. The number of carbonyl (C=O) groups is 1. The van der Waals surface area contributed by atoms with Gasteiger partial charge in [0.25, 0.3) is 0 Å². The van der Waals surface area contributed by atoms with Crippen molar-refractivity contribution >= 4 is 5.97 Å². The SMILES string of the molecule is CC1(C)CCC(Cc2cnoc2)(C(=O)O)CC1. The highest BCUT2D eigenvalue weighted by Crippen LogP contribution is 2.46. The molecule has 1 aromatic heterocycles. The third kappa shape index (κ3) is 2.51. The summed E-state index contributed by atoms with van der Waals surface area (Å²) in [4.78, 5) is 11.6. The molecule has 0 spiro atoms. The molecular weight excluding hydrogens is 218 g/mol. The number of aliphatic carboxylic acids is 1. The molecule has 94 valence electrons. The van der Waals surface area contributed by atoms with Crippen molar-refractivity contribution in [3.05, 3.63) is 18.0 Å². The Morgan fingerprint density at radius 1 is 1.41 bits per heavy atom. The standard InChI is InChI=1S/C13H19NO3/c1-12(2)3-5-13(6-4-12,11(15)16)7-10-8-14-17-9-10/h8-9H,3-7H2,1-2H3,(H,15,16). The lowest BCUT2D eigenvalue weighted by atomic mass is 9.63. The Balaban J connectivity index is 2.15. The minimum absolute atomic E-state index is 0.271. The van der Waals surface area contributed by atoms with Gasteiger partial charge in [0.05, 0.1) is 11.6 Å². The summed E-state index contributed by atoms with van der Waals surface area (Å²) in [5.74, 6) is -0.686. The molecule has 4 heteroatoms. The Labute approximate surface area is 101 Å². The Bertz CT molecular complexity index is 385. The largest absolute Gasteiger partial charge is 0.481 e. The molecule has 1 aliphatic carbocycles. The second-order valence-electron chi connectivity index (χ2n) is 5.96. The van der Waals surface area contributed by atoms with Gasteiger partial charge in [-0.05, 0) is 37.5 Å². The van der Waals surface area contributed by atoms with Crippen LogP contribution in [-0.4, -0.2) is 16.2 Å². The first-order chi connectivity index (χ1) is 7.94. The molecule has 4 nitrogen and oxygen atoms in total. The Morgan fingerprint density at radius 3 is 2.53 bits per heavy atom. The number of carboxylic acid groups (broad SMARTS) is 1. The van der Waals surface area contributed by atoms with Crippen LogP contribution in [0.1, 0.15) is 45.1 Å². The average Bonchev–Trinajstić information content (AvgIpc) is 2.74. The maximum atomic E-state index is 11.6. The minimum Gasteiger partial charge on any atom is -0.481 e. The van der Waals surface area contributed by atoms with E-state index >= 15 is 0 Å². The van der Waals surface area contributed by atoms with Gasteiger partial charge >= 0.3 is 5.97 Å². The molecule has 1 heterocycles. The normalized spacial score (nSPS) is 22.2. The monoisotopic (exact) mass is 237 g/mol. The van der Waals surface area contributed by atoms with Crippen LogP contribution in [0.3, 0.4) is 0 Å². The van der Waals surface area contributed by atoms with Crippen molar-refractivity contribution in [3.8, 4) is 0 Å². The van der Waals surface area contributed by atoms with E-state index in [1.165, 1.54) is 0 Å². The quantitative estimate of drug-likeness (QED) is 0.878. The van der Waals surface area contributed by atoms with Crippen LogP contribution in [0.2, 0.25) is 0 Å². The summed E-state index contributed by atoms with van der Waals surface area (Å²) < 4.78 is 4.78. The van der Waals surface area contributed by atoms with E-state index in [2.05, 4.69) is 19.0 Å². The van der Waals surface area contributed by atoms with Gasteiger partial charge in [0.1, 0.15) is 6.26 Å². The van der Waals surface area contributed by atoms with E-state index < -0.39 is 11.4 Å². The number of aromatic nitrogens is 1. The van der Waals surface area contributed by atoms with Crippen LogP contribution >= 0.6 is 0 Å². The molecule has 0 radical (unpaired) electrons. The summed E-state index contributed by atoms with van der Waals surface area (Å²) in [7, 11) is 0. The van der Waals surface area contributed by atoms with Crippen LogP contribution < -0.4 is 0 Å². The zero-order valence-electron chi connectivity index (χ0n) is 10.4. The van der Waals surface area contributed by atoms with Crippen molar-refractivity contribution in [3.63, 3.8) is 0 Å². The molecule has 0 amide bonds. The zero-order chi connectivity index (χ0) is 12.5. The maximum Gasteiger partial charge on any atom is 0.309 e. The summed E-state index contributed by atoms with van der Waals surface area (Å²) in [6.07, 6.45) is 7.09. The van der Waals surface area contributed by atoms with E-state index in [4.69, 9.17) is 4.52 Å². The van der Waals surface area contributed by atoms with E-state index in [1.807, 2.05) is 0 Å². The van der Waals surface area contributed by atoms with Gasteiger partial charge in [-0.3, -0.25) is 4.79 Å². The maximum absolute atomic E-state index is 11.6. The van der Waals surface area contributed by atoms with E-state index in [-0.39, 0.29) is 5.41 Å². The smallest absolute Gasteiger partial charge is 0.309 e. The van der Waals surface area contributed by atoms with Crippen molar-refractivity contribution in [2.45, 2.75) is 46.0 Å². The van der Waals surface area contributed by atoms with Gasteiger partial charge in [-0.1, -0.05) is 19.0 Å². The average molecular weight is 237 g/mol. The van der Waals surface area contributed by atoms with E-state index in [1.54, 1.807) is 12.5 Å². The third-order valence-corrected chi connectivity index (χ3v) is 4.04. The molecule has 1 aromatic rings. The number of carboxylic acids is 1. The van der Waals surface area contributed by atoms with Gasteiger partial charge in [0.2, 0.25) is 0 Å². The van der Waals surface area contributed by atoms with Gasteiger partial charge in [-0.2, -0.15) is 0 Å². The fourth-order valence-corrected chi connectivity index (χ4v) is 2.58. The highest BCUT2D eigenvalue weighted by atomic mass is 16.5. The molecule has 2 rings (SSSR count). The van der Waals surface area contributed by atoms with E-state index in [9.17, 15) is 9.90 Å². The van der Waals surface area contributed by atoms with Gasteiger partial charge < -0.3 is 9.63 Å².